The summed E-state index contributed by atoms with van der Waals surface area (Å²) >= 11 is 0. The Balaban J connectivity index is 1.85. The van der Waals surface area contributed by atoms with Crippen LogP contribution in [0.1, 0.15) is 33.7 Å². The van der Waals surface area contributed by atoms with Gasteiger partial charge in [-0.1, -0.05) is 0 Å². The number of nitrogens with one attached hydrogen (secondary N) is 1. The van der Waals surface area contributed by atoms with E-state index in [1.54, 1.807) is 12.1 Å². The predicted octanol–water partition coefficient (Wildman–Crippen LogP) is 3.01. The molecule has 0 aliphatic rings. The molecule has 1 heterocycles. The summed E-state index contributed by atoms with van der Waals surface area (Å²) in [5, 5.41) is 16.7. The number of nitrogens with zero attached hydrogens (tertiary/aromatic N) is 2. The molecule has 5 nitrogen and oxygen atoms in total. The van der Waals surface area contributed by atoms with Crippen LogP contribution in [-0.2, 0) is 6.54 Å². The van der Waals surface area contributed by atoms with E-state index in [1.807, 2.05) is 24.6 Å². The molecule has 21 heavy (non-hydrogen) atoms. The summed E-state index contributed by atoms with van der Waals surface area (Å²) in [6.45, 7) is 7.56. The van der Waals surface area contributed by atoms with Crippen molar-refractivity contribution < 1.29 is 9.90 Å². The third kappa shape index (κ3) is 3.84. The topological polar surface area (TPSA) is 67.2 Å². The van der Waals surface area contributed by atoms with E-state index in [0.29, 0.717) is 5.56 Å². The molecule has 0 saturated carbocycles. The molecule has 2 rings (SSSR count). The lowest BCUT2D eigenvalue weighted by atomic mass is 10.1. The number of hydrogen-bond donors (Lipinski definition) is 2. The van der Waals surface area contributed by atoms with E-state index in [-0.39, 0.29) is 0 Å². The Morgan fingerprint density at radius 1 is 1.29 bits per heavy atom. The third-order valence-corrected chi connectivity index (χ3v) is 3.44. The largest absolute Gasteiger partial charge is 0.478 e. The van der Waals surface area contributed by atoms with Gasteiger partial charge in [0.05, 0.1) is 11.3 Å². The van der Waals surface area contributed by atoms with Crippen molar-refractivity contribution in [2.45, 2.75) is 33.7 Å². The number of carboxylic acid groups (broad SMARTS) is 1. The van der Waals surface area contributed by atoms with Crippen LogP contribution in [0, 0.1) is 20.8 Å². The Morgan fingerprint density at radius 2 is 2.05 bits per heavy atom. The van der Waals surface area contributed by atoms with Gasteiger partial charge >= 0.3 is 5.97 Å². The molecule has 2 aromatic rings. The van der Waals surface area contributed by atoms with Gasteiger partial charge in [0.15, 0.2) is 0 Å². The van der Waals surface area contributed by atoms with Crippen LogP contribution in [-0.4, -0.2) is 27.4 Å². The average molecular weight is 287 g/mol. The summed E-state index contributed by atoms with van der Waals surface area (Å²) in [5.41, 5.74) is 4.29. The lowest BCUT2D eigenvalue weighted by Gasteiger charge is -2.09. The quantitative estimate of drug-likeness (QED) is 0.801. The number of aromatic carboxylic acids is 1. The van der Waals surface area contributed by atoms with E-state index in [1.165, 1.54) is 5.69 Å². The Bertz CT molecular complexity index is 647. The minimum absolute atomic E-state index is 0.350. The summed E-state index contributed by atoms with van der Waals surface area (Å²) in [7, 11) is 0. The zero-order chi connectivity index (χ0) is 15.4. The maximum atomic E-state index is 11.0. The third-order valence-electron chi connectivity index (χ3n) is 3.44. The molecule has 1 aromatic carbocycles. The highest BCUT2D eigenvalue weighted by atomic mass is 16.4. The maximum Gasteiger partial charge on any atom is 0.335 e. The van der Waals surface area contributed by atoms with Crippen LogP contribution < -0.4 is 5.32 Å². The van der Waals surface area contributed by atoms with Crippen LogP contribution in [0.3, 0.4) is 0 Å². The van der Waals surface area contributed by atoms with Gasteiger partial charge < -0.3 is 10.4 Å². The van der Waals surface area contributed by atoms with Crippen LogP contribution in [0.15, 0.2) is 24.3 Å². The van der Waals surface area contributed by atoms with Crippen molar-refractivity contribution in [1.82, 2.24) is 9.78 Å². The highest BCUT2D eigenvalue weighted by Gasteiger charge is 2.06. The van der Waals surface area contributed by atoms with Gasteiger partial charge in [-0.25, -0.2) is 4.79 Å². The van der Waals surface area contributed by atoms with E-state index < -0.39 is 5.97 Å². The number of carbonyl (C=O) groups is 1. The molecule has 0 radical (unpaired) electrons. The molecule has 0 amide bonds. The highest BCUT2D eigenvalue weighted by molar-refractivity contribution is 5.89. The highest BCUT2D eigenvalue weighted by Crippen LogP contribution is 2.15. The van der Waals surface area contributed by atoms with Gasteiger partial charge in [-0.3, -0.25) is 4.68 Å². The first-order valence-electron chi connectivity index (χ1n) is 7.06. The SMILES string of the molecule is Cc1cc(C)n(CCCNc2ccc(C(=O)O)c(C)c2)n1. The van der Waals surface area contributed by atoms with Gasteiger partial charge in [0.25, 0.3) is 0 Å². The molecule has 0 unspecified atom stereocenters. The molecule has 0 aliphatic heterocycles. The number of rotatable bonds is 6. The second kappa shape index (κ2) is 6.43. The van der Waals surface area contributed by atoms with Crippen molar-refractivity contribution >= 4 is 11.7 Å². The van der Waals surface area contributed by atoms with Crippen molar-refractivity contribution in [3.63, 3.8) is 0 Å². The minimum Gasteiger partial charge on any atom is -0.478 e. The molecule has 0 atom stereocenters. The van der Waals surface area contributed by atoms with Crippen LogP contribution >= 0.6 is 0 Å². The van der Waals surface area contributed by atoms with Gasteiger partial charge in [0.1, 0.15) is 0 Å². The fraction of sp³-hybridized carbons (Fsp3) is 0.375. The molecule has 112 valence electrons. The van der Waals surface area contributed by atoms with Crippen LogP contribution in [0.5, 0.6) is 0 Å². The number of hydrogen-bond acceptors (Lipinski definition) is 3. The summed E-state index contributed by atoms with van der Waals surface area (Å²) in [4.78, 5) is 11.0. The Labute approximate surface area is 124 Å². The van der Waals surface area contributed by atoms with Crippen molar-refractivity contribution in [1.29, 1.82) is 0 Å². The lowest BCUT2D eigenvalue weighted by molar-refractivity contribution is 0.0696. The van der Waals surface area contributed by atoms with Crippen molar-refractivity contribution in [3.8, 4) is 0 Å². The van der Waals surface area contributed by atoms with E-state index in [9.17, 15) is 4.79 Å². The van der Waals surface area contributed by atoms with Crippen LogP contribution in [0.25, 0.3) is 0 Å². The molecule has 0 fully saturated rings. The smallest absolute Gasteiger partial charge is 0.335 e. The normalized spacial score (nSPS) is 10.6. The van der Waals surface area contributed by atoms with Crippen molar-refractivity contribution in [2.24, 2.45) is 0 Å². The predicted molar refractivity (Wildman–Crippen MR) is 82.9 cm³/mol. The summed E-state index contributed by atoms with van der Waals surface area (Å²) in [6, 6.07) is 7.38. The first kappa shape index (κ1) is 15.1. The van der Waals surface area contributed by atoms with Gasteiger partial charge in [0.2, 0.25) is 0 Å². The number of carboxylic acids is 1. The van der Waals surface area contributed by atoms with E-state index in [0.717, 1.165) is 36.5 Å². The molecule has 0 saturated heterocycles. The van der Waals surface area contributed by atoms with Crippen LogP contribution in [0.2, 0.25) is 0 Å². The molecular weight excluding hydrogens is 266 g/mol. The van der Waals surface area contributed by atoms with E-state index >= 15 is 0 Å². The molecule has 0 spiro atoms. The Kier molecular flexibility index (Phi) is 4.62. The van der Waals surface area contributed by atoms with Crippen LogP contribution in [0.4, 0.5) is 5.69 Å². The number of benzene rings is 1. The first-order valence-corrected chi connectivity index (χ1v) is 7.06. The first-order chi connectivity index (χ1) is 9.97. The number of anilines is 1. The van der Waals surface area contributed by atoms with Gasteiger partial charge in [-0.15, -0.1) is 0 Å². The van der Waals surface area contributed by atoms with E-state index in [2.05, 4.69) is 23.4 Å². The molecule has 0 bridgehead atoms. The molecule has 2 N–H and O–H groups in total. The number of aromatic nitrogens is 2. The summed E-state index contributed by atoms with van der Waals surface area (Å²) in [5.74, 6) is -0.886. The van der Waals surface area contributed by atoms with Crippen molar-refractivity contribution in [3.05, 3.63) is 46.8 Å². The zero-order valence-electron chi connectivity index (χ0n) is 12.7. The Hall–Kier alpha value is -2.30. The lowest BCUT2D eigenvalue weighted by Crippen LogP contribution is -2.09. The average Bonchev–Trinajstić information content (AvgIpc) is 2.73. The van der Waals surface area contributed by atoms with Gasteiger partial charge in [-0.05, 0) is 57.0 Å². The summed E-state index contributed by atoms with van der Waals surface area (Å²) in [6.07, 6.45) is 0.960. The zero-order valence-corrected chi connectivity index (χ0v) is 12.7. The molecule has 0 aliphatic carbocycles. The van der Waals surface area contributed by atoms with Gasteiger partial charge in [-0.2, -0.15) is 5.10 Å². The molecule has 5 heteroatoms. The standard InChI is InChI=1S/C16H21N3O2/c1-11-9-14(5-6-15(11)16(20)21)17-7-4-8-19-13(3)10-12(2)18-19/h5-6,9-10,17H,4,7-8H2,1-3H3,(H,20,21). The summed E-state index contributed by atoms with van der Waals surface area (Å²) < 4.78 is 2.01. The van der Waals surface area contributed by atoms with Crippen molar-refractivity contribution in [2.75, 3.05) is 11.9 Å². The van der Waals surface area contributed by atoms with E-state index in [4.69, 9.17) is 5.11 Å². The monoisotopic (exact) mass is 287 g/mol. The fourth-order valence-corrected chi connectivity index (χ4v) is 2.38. The maximum absolute atomic E-state index is 11.0. The fourth-order valence-electron chi connectivity index (χ4n) is 2.38. The Morgan fingerprint density at radius 3 is 2.62 bits per heavy atom. The molecule has 1 aromatic heterocycles. The second-order valence-electron chi connectivity index (χ2n) is 5.27. The molecular formula is C16H21N3O2. The van der Waals surface area contributed by atoms with Gasteiger partial charge in [0, 0.05) is 24.5 Å². The minimum atomic E-state index is -0.886. The second-order valence-corrected chi connectivity index (χ2v) is 5.27. The number of aryl methyl sites for hydroxylation is 4.